The molecule has 0 saturated heterocycles. The smallest absolute Gasteiger partial charge is 0.185 e. The Hall–Kier alpha value is -1.49. The monoisotopic (exact) mass is 301 g/mol. The van der Waals surface area contributed by atoms with Crippen LogP contribution in [0.4, 0.5) is 8.78 Å². The first-order valence-electron chi connectivity index (χ1n) is 5.75. The Bertz CT molecular complexity index is 522. The molecule has 20 heavy (non-hydrogen) atoms. The fraction of sp³-hybridized carbons (Fsp3) is 0.385. The number of nitriles is 1. The summed E-state index contributed by atoms with van der Waals surface area (Å²) in [6, 6.07) is 3.00. The molecule has 2 atom stereocenters. The van der Waals surface area contributed by atoms with Gasteiger partial charge in [-0.15, -0.1) is 0 Å². The van der Waals surface area contributed by atoms with Gasteiger partial charge >= 0.3 is 0 Å². The zero-order chi connectivity index (χ0) is 15.3. The van der Waals surface area contributed by atoms with Crippen LogP contribution in [0.1, 0.15) is 30.6 Å². The zero-order valence-corrected chi connectivity index (χ0v) is 11.5. The molecule has 0 aliphatic carbocycles. The highest BCUT2D eigenvalue weighted by molar-refractivity contribution is 8.13. The molecule has 0 aliphatic heterocycles. The second-order valence-corrected chi connectivity index (χ2v) is 5.38. The van der Waals surface area contributed by atoms with Crippen LogP contribution in [0.25, 0.3) is 0 Å². The normalized spacial score (nSPS) is 13.6. The molecule has 108 valence electrons. The Balaban J connectivity index is 2.79. The lowest BCUT2D eigenvalue weighted by molar-refractivity contribution is -0.109. The van der Waals surface area contributed by atoms with E-state index in [2.05, 4.69) is 0 Å². The lowest BCUT2D eigenvalue weighted by atomic mass is 10.0. The highest BCUT2D eigenvalue weighted by Gasteiger charge is 2.21. The van der Waals surface area contributed by atoms with Crippen LogP contribution in [0.2, 0.25) is 0 Å². The predicted octanol–water partition coefficient (Wildman–Crippen LogP) is 1.90. The van der Waals surface area contributed by atoms with Crippen LogP contribution in [-0.4, -0.2) is 27.2 Å². The summed E-state index contributed by atoms with van der Waals surface area (Å²) in [6.45, 7) is 1.37. The van der Waals surface area contributed by atoms with E-state index in [0.717, 1.165) is 23.9 Å². The maximum atomic E-state index is 13.4. The van der Waals surface area contributed by atoms with E-state index in [1.807, 2.05) is 0 Å². The Labute approximate surface area is 119 Å². The molecule has 0 saturated carbocycles. The van der Waals surface area contributed by atoms with Crippen molar-refractivity contribution in [2.45, 2.75) is 25.6 Å². The number of carbonyl (C=O) groups is 1. The van der Waals surface area contributed by atoms with Crippen molar-refractivity contribution in [1.29, 1.82) is 5.26 Å². The van der Waals surface area contributed by atoms with Gasteiger partial charge in [0.15, 0.2) is 5.12 Å². The standard InChI is InChI=1S/C13H13F2NO3S/c1-7(17)20-3-2-12(18)13(19)8-4-10(14)9(6-16)11(15)5-8/h4-5,12-13,18-19H,2-3H2,1H3. The molecule has 0 aliphatic rings. The van der Waals surface area contributed by atoms with Gasteiger partial charge < -0.3 is 10.2 Å². The van der Waals surface area contributed by atoms with Crippen LogP contribution in [0.3, 0.4) is 0 Å². The number of rotatable bonds is 5. The zero-order valence-electron chi connectivity index (χ0n) is 10.6. The topological polar surface area (TPSA) is 81.3 Å². The summed E-state index contributed by atoms with van der Waals surface area (Å²) < 4.78 is 26.8. The third kappa shape index (κ3) is 4.27. The molecule has 0 heterocycles. The first-order chi connectivity index (χ1) is 9.36. The maximum Gasteiger partial charge on any atom is 0.185 e. The van der Waals surface area contributed by atoms with Gasteiger partial charge in [0.1, 0.15) is 29.4 Å². The molecule has 0 bridgehead atoms. The molecule has 0 radical (unpaired) electrons. The Kier molecular flexibility index (Phi) is 6.07. The third-order valence-corrected chi connectivity index (χ3v) is 3.45. The van der Waals surface area contributed by atoms with E-state index in [0.29, 0.717) is 0 Å². The summed E-state index contributed by atoms with van der Waals surface area (Å²) in [5.74, 6) is -1.90. The van der Waals surface area contributed by atoms with Crippen LogP contribution >= 0.6 is 11.8 Å². The molecular weight excluding hydrogens is 288 g/mol. The summed E-state index contributed by atoms with van der Waals surface area (Å²) in [4.78, 5) is 10.7. The molecule has 1 aromatic rings. The minimum Gasteiger partial charge on any atom is -0.390 e. The SMILES string of the molecule is CC(=O)SCCC(O)C(O)c1cc(F)c(C#N)c(F)c1. The number of carbonyl (C=O) groups excluding carboxylic acids is 1. The van der Waals surface area contributed by atoms with Crippen LogP contribution in [-0.2, 0) is 4.79 Å². The van der Waals surface area contributed by atoms with Crippen molar-refractivity contribution >= 4 is 16.9 Å². The van der Waals surface area contributed by atoms with E-state index in [4.69, 9.17) is 5.26 Å². The van der Waals surface area contributed by atoms with Gasteiger partial charge in [0.25, 0.3) is 0 Å². The first-order valence-corrected chi connectivity index (χ1v) is 6.74. The highest BCUT2D eigenvalue weighted by atomic mass is 32.2. The number of aliphatic hydroxyl groups is 2. The van der Waals surface area contributed by atoms with Crippen molar-refractivity contribution in [2.24, 2.45) is 0 Å². The van der Waals surface area contributed by atoms with Crippen LogP contribution < -0.4 is 0 Å². The molecule has 7 heteroatoms. The molecule has 4 nitrogen and oxygen atoms in total. The molecule has 0 aromatic heterocycles. The van der Waals surface area contributed by atoms with Crippen LogP contribution in [0, 0.1) is 23.0 Å². The number of nitrogens with zero attached hydrogens (tertiary/aromatic N) is 1. The number of halogens is 2. The summed E-state index contributed by atoms with van der Waals surface area (Å²) >= 11 is 0.983. The predicted molar refractivity (Wildman–Crippen MR) is 69.8 cm³/mol. The van der Waals surface area contributed by atoms with E-state index in [1.54, 1.807) is 0 Å². The van der Waals surface area contributed by atoms with E-state index >= 15 is 0 Å². The van der Waals surface area contributed by atoms with E-state index < -0.39 is 29.4 Å². The van der Waals surface area contributed by atoms with Gasteiger partial charge in [-0.25, -0.2) is 8.78 Å². The minimum atomic E-state index is -1.49. The average molecular weight is 301 g/mol. The summed E-state index contributed by atoms with van der Waals surface area (Å²) in [5.41, 5.74) is -0.887. The lowest BCUT2D eigenvalue weighted by Gasteiger charge is -2.18. The van der Waals surface area contributed by atoms with Crippen molar-refractivity contribution in [3.8, 4) is 6.07 Å². The van der Waals surface area contributed by atoms with Gasteiger partial charge in [-0.05, 0) is 24.1 Å². The van der Waals surface area contributed by atoms with Crippen LogP contribution in [0.5, 0.6) is 0 Å². The number of benzene rings is 1. The van der Waals surface area contributed by atoms with Crippen LogP contribution in [0.15, 0.2) is 12.1 Å². The summed E-state index contributed by atoms with van der Waals surface area (Å²) in [6.07, 6.45) is -2.65. The van der Waals surface area contributed by atoms with Crippen molar-refractivity contribution in [3.63, 3.8) is 0 Å². The van der Waals surface area contributed by atoms with Gasteiger partial charge in [0.05, 0.1) is 6.10 Å². The summed E-state index contributed by atoms with van der Waals surface area (Å²) in [7, 11) is 0. The minimum absolute atomic E-state index is 0.0919. The number of hydrogen-bond acceptors (Lipinski definition) is 5. The third-order valence-electron chi connectivity index (χ3n) is 2.60. The fourth-order valence-electron chi connectivity index (χ4n) is 1.57. The van der Waals surface area contributed by atoms with E-state index in [9.17, 15) is 23.8 Å². The van der Waals surface area contributed by atoms with Gasteiger partial charge in [0.2, 0.25) is 0 Å². The quantitative estimate of drug-likeness (QED) is 0.868. The lowest BCUT2D eigenvalue weighted by Crippen LogP contribution is -2.19. The molecule has 2 unspecified atom stereocenters. The number of hydrogen-bond donors (Lipinski definition) is 2. The second kappa shape index (κ2) is 7.33. The summed E-state index contributed by atoms with van der Waals surface area (Å²) in [5, 5.41) is 27.9. The Morgan fingerprint density at radius 3 is 2.40 bits per heavy atom. The highest BCUT2D eigenvalue weighted by Crippen LogP contribution is 2.24. The van der Waals surface area contributed by atoms with Crippen molar-refractivity contribution in [1.82, 2.24) is 0 Å². The molecule has 0 amide bonds. The molecule has 1 rings (SSSR count). The molecular formula is C13H13F2NO3S. The second-order valence-electron chi connectivity index (χ2n) is 4.11. The van der Waals surface area contributed by atoms with E-state index in [1.165, 1.54) is 13.0 Å². The van der Waals surface area contributed by atoms with Gasteiger partial charge in [-0.1, -0.05) is 11.8 Å². The largest absolute Gasteiger partial charge is 0.390 e. The van der Waals surface area contributed by atoms with E-state index in [-0.39, 0.29) is 22.9 Å². The van der Waals surface area contributed by atoms with Crippen molar-refractivity contribution < 1.29 is 23.8 Å². The molecule has 0 fully saturated rings. The van der Waals surface area contributed by atoms with Gasteiger partial charge in [-0.2, -0.15) is 5.26 Å². The molecule has 1 aromatic carbocycles. The molecule has 2 N–H and O–H groups in total. The number of thioether (sulfide) groups is 1. The van der Waals surface area contributed by atoms with Crippen molar-refractivity contribution in [3.05, 3.63) is 34.9 Å². The van der Waals surface area contributed by atoms with Gasteiger partial charge in [0, 0.05) is 12.7 Å². The van der Waals surface area contributed by atoms with Crippen molar-refractivity contribution in [2.75, 3.05) is 5.75 Å². The molecule has 0 spiro atoms. The Morgan fingerprint density at radius 1 is 1.40 bits per heavy atom. The maximum absolute atomic E-state index is 13.4. The Morgan fingerprint density at radius 2 is 1.95 bits per heavy atom. The fourth-order valence-corrected chi connectivity index (χ4v) is 2.22. The first kappa shape index (κ1) is 16.6. The van der Waals surface area contributed by atoms with Gasteiger partial charge in [-0.3, -0.25) is 4.79 Å². The average Bonchev–Trinajstić information content (AvgIpc) is 2.36. The number of aliphatic hydroxyl groups excluding tert-OH is 2.